The summed E-state index contributed by atoms with van der Waals surface area (Å²) in [7, 11) is 0. The van der Waals surface area contributed by atoms with Crippen molar-refractivity contribution >= 4 is 33.2 Å². The van der Waals surface area contributed by atoms with E-state index in [2.05, 4.69) is 4.98 Å². The lowest BCUT2D eigenvalue weighted by atomic mass is 10.2. The van der Waals surface area contributed by atoms with Crippen LogP contribution in [0, 0.1) is 5.82 Å². The number of fused-ring (bicyclic) bond motifs is 1. The highest BCUT2D eigenvalue weighted by Crippen LogP contribution is 2.33. The van der Waals surface area contributed by atoms with E-state index < -0.39 is 5.82 Å². The second-order valence-corrected chi connectivity index (χ2v) is 5.26. The van der Waals surface area contributed by atoms with Gasteiger partial charge in [0.1, 0.15) is 16.6 Å². The molecule has 0 aliphatic rings. The second kappa shape index (κ2) is 4.23. The van der Waals surface area contributed by atoms with E-state index in [1.165, 1.54) is 23.5 Å². The van der Waals surface area contributed by atoms with E-state index in [-0.39, 0.29) is 5.75 Å². The number of benzene rings is 2. The number of aromatic hydroxyl groups is 1. The van der Waals surface area contributed by atoms with E-state index in [1.54, 1.807) is 12.1 Å². The lowest BCUT2D eigenvalue weighted by Gasteiger charge is -1.98. The van der Waals surface area contributed by atoms with E-state index in [4.69, 9.17) is 11.6 Å². The van der Waals surface area contributed by atoms with Crippen molar-refractivity contribution in [3.05, 3.63) is 47.2 Å². The van der Waals surface area contributed by atoms with Crippen LogP contribution in [0.5, 0.6) is 5.75 Å². The van der Waals surface area contributed by atoms with Crippen LogP contribution in [0.15, 0.2) is 36.4 Å². The van der Waals surface area contributed by atoms with Crippen molar-refractivity contribution < 1.29 is 9.50 Å². The van der Waals surface area contributed by atoms with Crippen LogP contribution in [-0.2, 0) is 0 Å². The topological polar surface area (TPSA) is 33.1 Å². The first kappa shape index (κ1) is 11.4. The smallest absolute Gasteiger partial charge is 0.137 e. The van der Waals surface area contributed by atoms with Crippen molar-refractivity contribution in [1.82, 2.24) is 4.98 Å². The summed E-state index contributed by atoms with van der Waals surface area (Å²) < 4.78 is 14.7. The molecule has 90 valence electrons. The first-order valence-electron chi connectivity index (χ1n) is 5.18. The molecular weight excluding hydrogens is 273 g/mol. The number of hydrogen-bond acceptors (Lipinski definition) is 3. The average molecular weight is 280 g/mol. The zero-order valence-corrected chi connectivity index (χ0v) is 10.6. The number of aromatic nitrogens is 1. The second-order valence-electron chi connectivity index (χ2n) is 3.80. The standard InChI is InChI=1S/C13H7ClFNOS/c14-7-1-4-12-11(5-7)16-13(18-12)9-3-2-8(17)6-10(9)15/h1-6,17H. The largest absolute Gasteiger partial charge is 0.508 e. The van der Waals surface area contributed by atoms with E-state index >= 15 is 0 Å². The lowest BCUT2D eigenvalue weighted by Crippen LogP contribution is -1.82. The van der Waals surface area contributed by atoms with Crippen LogP contribution >= 0.6 is 22.9 Å². The summed E-state index contributed by atoms with van der Waals surface area (Å²) in [6.45, 7) is 0. The molecule has 0 saturated heterocycles. The Labute approximate surface area is 111 Å². The van der Waals surface area contributed by atoms with Crippen molar-refractivity contribution in [2.24, 2.45) is 0 Å². The Morgan fingerprint density at radius 2 is 2.00 bits per heavy atom. The monoisotopic (exact) mass is 279 g/mol. The number of nitrogens with zero attached hydrogens (tertiary/aromatic N) is 1. The van der Waals surface area contributed by atoms with Gasteiger partial charge in [-0.25, -0.2) is 9.37 Å². The molecule has 0 unspecified atom stereocenters. The van der Waals surface area contributed by atoms with Gasteiger partial charge in [-0.15, -0.1) is 11.3 Å². The minimum atomic E-state index is -0.486. The van der Waals surface area contributed by atoms with Crippen LogP contribution in [0.3, 0.4) is 0 Å². The maximum Gasteiger partial charge on any atom is 0.137 e. The summed E-state index contributed by atoms with van der Waals surface area (Å²) in [5.41, 5.74) is 1.13. The zero-order valence-electron chi connectivity index (χ0n) is 9.02. The number of phenolic OH excluding ortho intramolecular Hbond substituents is 1. The molecule has 0 aliphatic heterocycles. The normalized spacial score (nSPS) is 11.0. The molecule has 0 aliphatic carbocycles. The number of thiazole rings is 1. The van der Waals surface area contributed by atoms with Crippen LogP contribution in [0.1, 0.15) is 0 Å². The molecular formula is C13H7ClFNOS. The van der Waals surface area contributed by atoms with Crippen LogP contribution in [0.4, 0.5) is 4.39 Å². The summed E-state index contributed by atoms with van der Waals surface area (Å²) in [6.07, 6.45) is 0. The number of halogens is 2. The van der Waals surface area contributed by atoms with E-state index in [9.17, 15) is 9.50 Å². The van der Waals surface area contributed by atoms with Crippen LogP contribution < -0.4 is 0 Å². The summed E-state index contributed by atoms with van der Waals surface area (Å²) >= 11 is 7.27. The molecule has 1 aromatic heterocycles. The minimum absolute atomic E-state index is 0.0968. The van der Waals surface area contributed by atoms with Crippen molar-refractivity contribution in [2.45, 2.75) is 0 Å². The SMILES string of the molecule is Oc1ccc(-c2nc3cc(Cl)ccc3s2)c(F)c1. The van der Waals surface area contributed by atoms with Gasteiger partial charge in [0.2, 0.25) is 0 Å². The van der Waals surface area contributed by atoms with Gasteiger partial charge in [0.15, 0.2) is 0 Å². The van der Waals surface area contributed by atoms with Gasteiger partial charge in [-0.2, -0.15) is 0 Å². The molecule has 0 atom stereocenters. The van der Waals surface area contributed by atoms with Gasteiger partial charge in [-0.1, -0.05) is 11.6 Å². The molecule has 3 aromatic rings. The van der Waals surface area contributed by atoms with Gasteiger partial charge < -0.3 is 5.11 Å². The van der Waals surface area contributed by atoms with Gasteiger partial charge in [0, 0.05) is 16.7 Å². The highest BCUT2D eigenvalue weighted by atomic mass is 35.5. The quantitative estimate of drug-likeness (QED) is 0.713. The Morgan fingerprint density at radius 1 is 1.17 bits per heavy atom. The lowest BCUT2D eigenvalue weighted by molar-refractivity contribution is 0.469. The molecule has 2 nitrogen and oxygen atoms in total. The third-order valence-electron chi connectivity index (χ3n) is 2.53. The molecule has 0 saturated carbocycles. The van der Waals surface area contributed by atoms with Crippen LogP contribution in [0.2, 0.25) is 5.02 Å². The first-order chi connectivity index (χ1) is 8.63. The van der Waals surface area contributed by atoms with Crippen LogP contribution in [0.25, 0.3) is 20.8 Å². The predicted octanol–water partition coefficient (Wildman–Crippen LogP) is 4.46. The van der Waals surface area contributed by atoms with E-state index in [0.717, 1.165) is 16.3 Å². The van der Waals surface area contributed by atoms with Gasteiger partial charge in [-0.3, -0.25) is 0 Å². The Hall–Kier alpha value is -1.65. The fourth-order valence-electron chi connectivity index (χ4n) is 1.69. The number of rotatable bonds is 1. The summed E-state index contributed by atoms with van der Waals surface area (Å²) in [6, 6.07) is 9.42. The third-order valence-corrected chi connectivity index (χ3v) is 3.84. The van der Waals surface area contributed by atoms with Crippen molar-refractivity contribution in [3.8, 4) is 16.3 Å². The maximum atomic E-state index is 13.7. The summed E-state index contributed by atoms with van der Waals surface area (Å²) in [5.74, 6) is -0.583. The molecule has 0 bridgehead atoms. The van der Waals surface area contributed by atoms with Gasteiger partial charge >= 0.3 is 0 Å². The fraction of sp³-hybridized carbons (Fsp3) is 0. The Balaban J connectivity index is 2.19. The van der Waals surface area contributed by atoms with Crippen molar-refractivity contribution in [2.75, 3.05) is 0 Å². The van der Waals surface area contributed by atoms with Gasteiger partial charge in [0.05, 0.1) is 10.2 Å². The van der Waals surface area contributed by atoms with E-state index in [0.29, 0.717) is 15.6 Å². The van der Waals surface area contributed by atoms with Gasteiger partial charge in [0.25, 0.3) is 0 Å². The molecule has 0 radical (unpaired) electrons. The molecule has 1 heterocycles. The summed E-state index contributed by atoms with van der Waals surface area (Å²) in [5, 5.41) is 10.4. The molecule has 0 fully saturated rings. The minimum Gasteiger partial charge on any atom is -0.508 e. The molecule has 5 heteroatoms. The highest BCUT2D eigenvalue weighted by Gasteiger charge is 2.11. The first-order valence-corrected chi connectivity index (χ1v) is 6.38. The molecule has 2 aromatic carbocycles. The predicted molar refractivity (Wildman–Crippen MR) is 71.7 cm³/mol. The molecule has 0 amide bonds. The average Bonchev–Trinajstić information content (AvgIpc) is 2.71. The highest BCUT2D eigenvalue weighted by molar-refractivity contribution is 7.21. The number of phenols is 1. The number of hydrogen-bond donors (Lipinski definition) is 1. The fourth-order valence-corrected chi connectivity index (χ4v) is 2.83. The molecule has 3 rings (SSSR count). The third kappa shape index (κ3) is 1.94. The summed E-state index contributed by atoms with van der Waals surface area (Å²) in [4.78, 5) is 4.35. The Bertz CT molecular complexity index is 741. The van der Waals surface area contributed by atoms with E-state index in [1.807, 2.05) is 6.07 Å². The maximum absolute atomic E-state index is 13.7. The Kier molecular flexibility index (Phi) is 2.69. The molecule has 1 N–H and O–H groups in total. The molecule has 0 spiro atoms. The van der Waals surface area contributed by atoms with Crippen LogP contribution in [-0.4, -0.2) is 10.1 Å². The van der Waals surface area contributed by atoms with Crippen molar-refractivity contribution in [3.63, 3.8) is 0 Å². The van der Waals surface area contributed by atoms with Crippen molar-refractivity contribution in [1.29, 1.82) is 0 Å². The molecule has 18 heavy (non-hydrogen) atoms. The Morgan fingerprint density at radius 3 is 2.78 bits per heavy atom. The van der Waals surface area contributed by atoms with Gasteiger partial charge in [-0.05, 0) is 30.3 Å². The zero-order chi connectivity index (χ0) is 12.7.